The zero-order valence-electron chi connectivity index (χ0n) is 13.9. The standard InChI is InChI=1S/C18H27NO3/c1-4-7-8-14(6-3)17(20)19-16-11-9-15(10-12-16)18(21)22-13-5-2/h9-12,14H,4-8,13H2,1-3H3,(H,19,20). The number of hydrogen-bond donors (Lipinski definition) is 1. The number of esters is 1. The van der Waals surface area contributed by atoms with Crippen molar-refractivity contribution in [3.05, 3.63) is 29.8 Å². The molecule has 4 heteroatoms. The van der Waals surface area contributed by atoms with Crippen molar-refractivity contribution in [3.8, 4) is 0 Å². The van der Waals surface area contributed by atoms with Gasteiger partial charge in [0.05, 0.1) is 12.2 Å². The van der Waals surface area contributed by atoms with E-state index in [0.717, 1.165) is 32.1 Å². The van der Waals surface area contributed by atoms with Gasteiger partial charge in [0.1, 0.15) is 0 Å². The summed E-state index contributed by atoms with van der Waals surface area (Å²) in [5, 5.41) is 2.92. The van der Waals surface area contributed by atoms with Crippen LogP contribution in [-0.2, 0) is 9.53 Å². The Kier molecular flexibility index (Phi) is 8.26. The van der Waals surface area contributed by atoms with E-state index in [1.807, 2.05) is 13.8 Å². The molecule has 0 aromatic heterocycles. The molecule has 0 saturated carbocycles. The van der Waals surface area contributed by atoms with Crippen LogP contribution in [0.4, 0.5) is 5.69 Å². The van der Waals surface area contributed by atoms with E-state index in [4.69, 9.17) is 4.74 Å². The fourth-order valence-electron chi connectivity index (χ4n) is 2.18. The van der Waals surface area contributed by atoms with Crippen molar-refractivity contribution in [2.45, 2.75) is 52.9 Å². The van der Waals surface area contributed by atoms with E-state index in [1.54, 1.807) is 24.3 Å². The van der Waals surface area contributed by atoms with Crippen LogP contribution in [0.15, 0.2) is 24.3 Å². The average Bonchev–Trinajstić information content (AvgIpc) is 2.54. The van der Waals surface area contributed by atoms with Gasteiger partial charge in [-0.25, -0.2) is 4.79 Å². The number of anilines is 1. The second-order valence-electron chi connectivity index (χ2n) is 5.45. The molecule has 1 aromatic carbocycles. The van der Waals surface area contributed by atoms with Crippen LogP contribution >= 0.6 is 0 Å². The van der Waals surface area contributed by atoms with Crippen LogP contribution in [-0.4, -0.2) is 18.5 Å². The topological polar surface area (TPSA) is 55.4 Å². The summed E-state index contributed by atoms with van der Waals surface area (Å²) in [6.07, 6.45) is 4.72. The van der Waals surface area contributed by atoms with Gasteiger partial charge in [0.25, 0.3) is 0 Å². The summed E-state index contributed by atoms with van der Waals surface area (Å²) in [6.45, 7) is 6.54. The SMILES string of the molecule is CCCCC(CC)C(=O)Nc1ccc(C(=O)OCCC)cc1. The van der Waals surface area contributed by atoms with Gasteiger partial charge in [-0.3, -0.25) is 4.79 Å². The summed E-state index contributed by atoms with van der Waals surface area (Å²) in [7, 11) is 0. The molecule has 0 radical (unpaired) electrons. The Morgan fingerprint density at radius 3 is 2.32 bits per heavy atom. The quantitative estimate of drug-likeness (QED) is 0.688. The van der Waals surface area contributed by atoms with Gasteiger partial charge < -0.3 is 10.1 Å². The number of rotatable bonds is 9. The molecule has 122 valence electrons. The maximum Gasteiger partial charge on any atom is 0.338 e. The van der Waals surface area contributed by atoms with E-state index in [1.165, 1.54) is 0 Å². The first-order valence-electron chi connectivity index (χ1n) is 8.20. The molecule has 1 N–H and O–H groups in total. The van der Waals surface area contributed by atoms with Gasteiger partial charge in [-0.1, -0.05) is 33.6 Å². The number of ether oxygens (including phenoxy) is 1. The molecule has 1 rings (SSSR count). The highest BCUT2D eigenvalue weighted by Gasteiger charge is 2.16. The molecule has 0 saturated heterocycles. The summed E-state index contributed by atoms with van der Waals surface area (Å²) in [5.74, 6) is -0.222. The van der Waals surface area contributed by atoms with E-state index >= 15 is 0 Å². The third-order valence-electron chi connectivity index (χ3n) is 3.60. The van der Waals surface area contributed by atoms with Gasteiger partial charge >= 0.3 is 5.97 Å². The Morgan fingerprint density at radius 1 is 1.09 bits per heavy atom. The molecule has 0 heterocycles. The molecule has 1 atom stereocenters. The highest BCUT2D eigenvalue weighted by atomic mass is 16.5. The first-order chi connectivity index (χ1) is 10.6. The minimum absolute atomic E-state index is 0.0501. The van der Waals surface area contributed by atoms with Gasteiger partial charge in [-0.2, -0.15) is 0 Å². The molecule has 22 heavy (non-hydrogen) atoms. The number of benzene rings is 1. The van der Waals surface area contributed by atoms with Gasteiger partial charge in [-0.05, 0) is 43.5 Å². The Labute approximate surface area is 133 Å². The molecule has 0 aliphatic heterocycles. The second-order valence-corrected chi connectivity index (χ2v) is 5.45. The Hall–Kier alpha value is -1.84. The fourth-order valence-corrected chi connectivity index (χ4v) is 2.18. The van der Waals surface area contributed by atoms with Crippen molar-refractivity contribution in [3.63, 3.8) is 0 Å². The number of nitrogens with one attached hydrogen (secondary N) is 1. The normalized spacial score (nSPS) is 11.8. The summed E-state index contributed by atoms with van der Waals surface area (Å²) >= 11 is 0. The van der Waals surface area contributed by atoms with Crippen molar-refractivity contribution in [1.29, 1.82) is 0 Å². The average molecular weight is 305 g/mol. The Balaban J connectivity index is 2.59. The first-order valence-corrected chi connectivity index (χ1v) is 8.20. The maximum absolute atomic E-state index is 12.2. The van der Waals surface area contributed by atoms with E-state index in [0.29, 0.717) is 17.9 Å². The van der Waals surface area contributed by atoms with Crippen LogP contribution in [0.5, 0.6) is 0 Å². The number of carbonyl (C=O) groups excluding carboxylic acids is 2. The molecular weight excluding hydrogens is 278 g/mol. The van der Waals surface area contributed by atoms with Crippen LogP contribution in [0.2, 0.25) is 0 Å². The third-order valence-corrected chi connectivity index (χ3v) is 3.60. The second kappa shape index (κ2) is 9.98. The molecule has 0 aliphatic carbocycles. The minimum Gasteiger partial charge on any atom is -0.462 e. The van der Waals surface area contributed by atoms with Crippen LogP contribution < -0.4 is 5.32 Å². The highest BCUT2D eigenvalue weighted by molar-refractivity contribution is 5.94. The summed E-state index contributed by atoms with van der Waals surface area (Å²) in [4.78, 5) is 23.9. The molecule has 4 nitrogen and oxygen atoms in total. The van der Waals surface area contributed by atoms with E-state index in [2.05, 4.69) is 12.2 Å². The van der Waals surface area contributed by atoms with Crippen molar-refractivity contribution >= 4 is 17.6 Å². The summed E-state index contributed by atoms with van der Waals surface area (Å²) in [6, 6.07) is 6.85. The van der Waals surface area contributed by atoms with E-state index in [-0.39, 0.29) is 17.8 Å². The van der Waals surface area contributed by atoms with Crippen LogP contribution in [0.1, 0.15) is 63.2 Å². The van der Waals surface area contributed by atoms with Gasteiger partial charge in [0, 0.05) is 11.6 Å². The highest BCUT2D eigenvalue weighted by Crippen LogP contribution is 2.17. The fraction of sp³-hybridized carbons (Fsp3) is 0.556. The largest absolute Gasteiger partial charge is 0.462 e. The zero-order chi connectivity index (χ0) is 16.4. The number of hydrogen-bond acceptors (Lipinski definition) is 3. The van der Waals surface area contributed by atoms with Crippen molar-refractivity contribution in [2.24, 2.45) is 5.92 Å². The molecule has 0 fully saturated rings. The predicted molar refractivity (Wildman–Crippen MR) is 89.0 cm³/mol. The maximum atomic E-state index is 12.2. The molecule has 1 aromatic rings. The van der Waals surface area contributed by atoms with E-state index in [9.17, 15) is 9.59 Å². The molecular formula is C18H27NO3. The van der Waals surface area contributed by atoms with Crippen molar-refractivity contribution in [2.75, 3.05) is 11.9 Å². The summed E-state index contributed by atoms with van der Waals surface area (Å²) < 4.78 is 5.07. The van der Waals surface area contributed by atoms with Gasteiger partial charge in [0.15, 0.2) is 0 Å². The molecule has 1 amide bonds. The lowest BCUT2D eigenvalue weighted by atomic mass is 9.98. The number of unbranched alkanes of at least 4 members (excludes halogenated alkanes) is 1. The minimum atomic E-state index is -0.325. The number of amides is 1. The lowest BCUT2D eigenvalue weighted by molar-refractivity contribution is -0.120. The molecule has 0 bridgehead atoms. The summed E-state index contributed by atoms with van der Waals surface area (Å²) in [5.41, 5.74) is 1.22. The Bertz CT molecular complexity index is 468. The lowest BCUT2D eigenvalue weighted by Gasteiger charge is -2.14. The van der Waals surface area contributed by atoms with Crippen LogP contribution in [0.25, 0.3) is 0 Å². The van der Waals surface area contributed by atoms with Crippen LogP contribution in [0.3, 0.4) is 0 Å². The van der Waals surface area contributed by atoms with E-state index < -0.39 is 0 Å². The molecule has 0 aliphatic rings. The third kappa shape index (κ3) is 5.88. The predicted octanol–water partition coefficient (Wildman–Crippen LogP) is 4.41. The van der Waals surface area contributed by atoms with Gasteiger partial charge in [-0.15, -0.1) is 0 Å². The molecule has 0 spiro atoms. The van der Waals surface area contributed by atoms with Crippen LogP contribution in [0, 0.1) is 5.92 Å². The molecule has 1 unspecified atom stereocenters. The monoisotopic (exact) mass is 305 g/mol. The van der Waals surface area contributed by atoms with Gasteiger partial charge in [0.2, 0.25) is 5.91 Å². The van der Waals surface area contributed by atoms with Crippen molar-refractivity contribution < 1.29 is 14.3 Å². The zero-order valence-corrected chi connectivity index (χ0v) is 13.9. The first kappa shape index (κ1) is 18.2. The smallest absolute Gasteiger partial charge is 0.338 e. The lowest BCUT2D eigenvalue weighted by Crippen LogP contribution is -2.22. The van der Waals surface area contributed by atoms with Crippen molar-refractivity contribution in [1.82, 2.24) is 0 Å². The number of carbonyl (C=O) groups is 2. The Morgan fingerprint density at radius 2 is 1.77 bits per heavy atom.